The van der Waals surface area contributed by atoms with Crippen molar-refractivity contribution >= 4 is 39.0 Å². The first-order valence-corrected chi connectivity index (χ1v) is 12.0. The third-order valence-electron chi connectivity index (χ3n) is 4.77. The number of hydrogen-bond donors (Lipinski definition) is 2. The Morgan fingerprint density at radius 1 is 1.32 bits per heavy atom. The highest BCUT2D eigenvalue weighted by Crippen LogP contribution is 2.24. The fourth-order valence-electron chi connectivity index (χ4n) is 3.00. The number of thiazole rings is 1. The van der Waals surface area contributed by atoms with Gasteiger partial charge in [0.2, 0.25) is 12.2 Å². The summed E-state index contributed by atoms with van der Waals surface area (Å²) in [7, 11) is -0.712. The SMILES string of the molecule is CN(C)C=O.Cc1ccccc1C(=O)c1cnc(NCC2CCN(S(=O)(=O)O)CC2)s1. The van der Waals surface area contributed by atoms with Crippen molar-refractivity contribution in [3.8, 4) is 0 Å². The number of benzene rings is 1. The van der Waals surface area contributed by atoms with Crippen LogP contribution in [0.5, 0.6) is 0 Å². The molecule has 1 fully saturated rings. The van der Waals surface area contributed by atoms with E-state index in [9.17, 15) is 18.0 Å². The fraction of sp³-hybridized carbons (Fsp3) is 0.450. The molecule has 1 aliphatic heterocycles. The van der Waals surface area contributed by atoms with Crippen molar-refractivity contribution in [2.45, 2.75) is 19.8 Å². The smallest absolute Gasteiger partial charge is 0.335 e. The van der Waals surface area contributed by atoms with Gasteiger partial charge >= 0.3 is 10.3 Å². The summed E-state index contributed by atoms with van der Waals surface area (Å²) >= 11 is 1.32. The van der Waals surface area contributed by atoms with Crippen molar-refractivity contribution in [2.75, 3.05) is 39.0 Å². The molecule has 2 aromatic rings. The minimum Gasteiger partial charge on any atom is -0.361 e. The van der Waals surface area contributed by atoms with Crippen LogP contribution in [0.4, 0.5) is 5.13 Å². The van der Waals surface area contributed by atoms with Gasteiger partial charge in [-0.1, -0.05) is 35.6 Å². The summed E-state index contributed by atoms with van der Waals surface area (Å²) in [5, 5.41) is 3.91. The van der Waals surface area contributed by atoms with Crippen molar-refractivity contribution in [3.05, 3.63) is 46.5 Å². The van der Waals surface area contributed by atoms with Gasteiger partial charge in [-0.25, -0.2) is 4.98 Å². The van der Waals surface area contributed by atoms with Gasteiger partial charge in [0.05, 0.1) is 11.1 Å². The minimum atomic E-state index is -4.09. The Kier molecular flexibility index (Phi) is 9.11. The van der Waals surface area contributed by atoms with Gasteiger partial charge in [0, 0.05) is 39.3 Å². The molecule has 170 valence electrons. The van der Waals surface area contributed by atoms with E-state index < -0.39 is 10.3 Å². The molecule has 11 heteroatoms. The van der Waals surface area contributed by atoms with E-state index in [2.05, 4.69) is 10.3 Å². The van der Waals surface area contributed by atoms with Crippen LogP contribution in [0.2, 0.25) is 0 Å². The summed E-state index contributed by atoms with van der Waals surface area (Å²) in [5.41, 5.74) is 1.62. The lowest BCUT2D eigenvalue weighted by atomic mass is 9.98. The largest absolute Gasteiger partial charge is 0.361 e. The minimum absolute atomic E-state index is 0.0323. The van der Waals surface area contributed by atoms with E-state index in [1.165, 1.54) is 16.2 Å². The zero-order valence-corrected chi connectivity index (χ0v) is 19.4. The van der Waals surface area contributed by atoms with Gasteiger partial charge < -0.3 is 10.2 Å². The topological polar surface area (TPSA) is 120 Å². The van der Waals surface area contributed by atoms with Crippen molar-refractivity contribution in [2.24, 2.45) is 5.92 Å². The lowest BCUT2D eigenvalue weighted by Crippen LogP contribution is -2.39. The third-order valence-corrected chi connectivity index (χ3v) is 6.74. The molecule has 2 N–H and O–H groups in total. The third kappa shape index (κ3) is 7.69. The van der Waals surface area contributed by atoms with Crippen LogP contribution in [-0.4, -0.2) is 73.1 Å². The summed E-state index contributed by atoms with van der Waals surface area (Å²) in [4.78, 5) is 28.3. The molecule has 0 atom stereocenters. The first-order valence-electron chi connectivity index (χ1n) is 9.76. The Morgan fingerprint density at radius 2 is 1.94 bits per heavy atom. The molecule has 1 amide bonds. The number of nitrogens with zero attached hydrogens (tertiary/aromatic N) is 3. The molecular weight excluding hydrogens is 440 g/mol. The molecule has 1 aliphatic rings. The average molecular weight is 469 g/mol. The molecular formula is C20H28N4O5S2. The summed E-state index contributed by atoms with van der Waals surface area (Å²) < 4.78 is 32.3. The molecule has 9 nitrogen and oxygen atoms in total. The zero-order valence-electron chi connectivity index (χ0n) is 17.8. The monoisotopic (exact) mass is 468 g/mol. The maximum absolute atomic E-state index is 12.6. The van der Waals surface area contributed by atoms with Crippen LogP contribution in [0.15, 0.2) is 30.5 Å². The molecule has 1 aromatic heterocycles. The van der Waals surface area contributed by atoms with E-state index in [4.69, 9.17) is 4.55 Å². The highest BCUT2D eigenvalue weighted by Gasteiger charge is 2.26. The van der Waals surface area contributed by atoms with Gasteiger partial charge in [-0.3, -0.25) is 14.1 Å². The summed E-state index contributed by atoms with van der Waals surface area (Å²) in [6.45, 7) is 3.21. The second-order valence-corrected chi connectivity index (χ2v) is 9.89. The average Bonchev–Trinajstić information content (AvgIpc) is 3.21. The van der Waals surface area contributed by atoms with Crippen LogP contribution in [0.3, 0.4) is 0 Å². The van der Waals surface area contributed by atoms with Crippen molar-refractivity contribution in [1.29, 1.82) is 0 Å². The van der Waals surface area contributed by atoms with Crippen LogP contribution >= 0.6 is 11.3 Å². The van der Waals surface area contributed by atoms with E-state index in [0.717, 1.165) is 16.3 Å². The predicted octanol–water partition coefficient (Wildman–Crippen LogP) is 2.31. The Morgan fingerprint density at radius 3 is 2.48 bits per heavy atom. The van der Waals surface area contributed by atoms with Crippen molar-refractivity contribution < 1.29 is 22.6 Å². The summed E-state index contributed by atoms with van der Waals surface area (Å²) in [5.74, 6) is 0.266. The molecule has 0 spiro atoms. The molecule has 1 saturated heterocycles. The van der Waals surface area contributed by atoms with E-state index >= 15 is 0 Å². The van der Waals surface area contributed by atoms with Crippen LogP contribution in [-0.2, 0) is 15.1 Å². The summed E-state index contributed by atoms with van der Waals surface area (Å²) in [6.07, 6.45) is 3.68. The number of nitrogens with one attached hydrogen (secondary N) is 1. The van der Waals surface area contributed by atoms with Crippen LogP contribution in [0.1, 0.15) is 33.6 Å². The Bertz CT molecular complexity index is 983. The highest BCUT2D eigenvalue weighted by atomic mass is 32.2. The number of ketones is 1. The number of aryl methyl sites for hydroxylation is 1. The van der Waals surface area contributed by atoms with Crippen LogP contribution < -0.4 is 5.32 Å². The number of carbonyl (C=O) groups excluding carboxylic acids is 2. The molecule has 0 bridgehead atoms. The Hall–Kier alpha value is -2.34. The van der Waals surface area contributed by atoms with E-state index in [1.54, 1.807) is 20.3 Å². The van der Waals surface area contributed by atoms with Crippen molar-refractivity contribution in [3.63, 3.8) is 0 Å². The zero-order chi connectivity index (χ0) is 23.0. The second kappa shape index (κ2) is 11.3. The summed E-state index contributed by atoms with van der Waals surface area (Å²) in [6, 6.07) is 7.47. The lowest BCUT2D eigenvalue weighted by Gasteiger charge is -2.29. The molecule has 31 heavy (non-hydrogen) atoms. The quantitative estimate of drug-likeness (QED) is 0.363. The Labute approximate surface area is 187 Å². The van der Waals surface area contributed by atoms with Gasteiger partial charge in [-0.2, -0.15) is 12.7 Å². The molecule has 0 unspecified atom stereocenters. The van der Waals surface area contributed by atoms with Crippen molar-refractivity contribution in [1.82, 2.24) is 14.2 Å². The van der Waals surface area contributed by atoms with Gasteiger partial charge in [0.1, 0.15) is 0 Å². The maximum Gasteiger partial charge on any atom is 0.335 e. The van der Waals surface area contributed by atoms with E-state index in [1.807, 2.05) is 31.2 Å². The number of carbonyl (C=O) groups is 2. The van der Waals surface area contributed by atoms with E-state index in [0.29, 0.717) is 54.0 Å². The number of amides is 1. The molecule has 1 aromatic carbocycles. The number of hydrogen-bond acceptors (Lipinski definition) is 7. The lowest BCUT2D eigenvalue weighted by molar-refractivity contribution is -0.115. The highest BCUT2D eigenvalue weighted by molar-refractivity contribution is 7.83. The van der Waals surface area contributed by atoms with Gasteiger partial charge in [0.25, 0.3) is 0 Å². The molecule has 3 rings (SSSR count). The number of aromatic nitrogens is 1. The van der Waals surface area contributed by atoms with Crippen LogP contribution in [0.25, 0.3) is 0 Å². The van der Waals surface area contributed by atoms with Gasteiger partial charge in [-0.05, 0) is 31.2 Å². The molecule has 0 radical (unpaired) electrons. The molecule has 0 saturated carbocycles. The second-order valence-electron chi connectivity index (χ2n) is 7.44. The maximum atomic E-state index is 12.6. The standard InChI is InChI=1S/C17H21N3O4S2.C3H7NO/c1-12-4-2-3-5-14(12)16(21)15-11-19-17(25-15)18-10-13-6-8-20(9-7-13)26(22,23)24;1-4(2)3-5/h2-5,11,13H,6-10H2,1H3,(H,18,19)(H,22,23,24);3H,1-2H3. The number of anilines is 1. The first-order chi connectivity index (χ1) is 14.6. The number of rotatable bonds is 7. The first kappa shape index (κ1) is 24.9. The number of piperidine rings is 1. The van der Waals surface area contributed by atoms with Gasteiger partial charge in [-0.15, -0.1) is 0 Å². The predicted molar refractivity (Wildman–Crippen MR) is 121 cm³/mol. The molecule has 2 heterocycles. The Balaban J connectivity index is 0.000000614. The normalized spacial score (nSPS) is 15.0. The van der Waals surface area contributed by atoms with Crippen LogP contribution in [0, 0.1) is 12.8 Å². The molecule has 0 aliphatic carbocycles. The van der Waals surface area contributed by atoms with Gasteiger partial charge in [0.15, 0.2) is 5.13 Å². The van der Waals surface area contributed by atoms with E-state index in [-0.39, 0.29) is 5.78 Å². The fourth-order valence-corrected chi connectivity index (χ4v) is 4.45.